The maximum atomic E-state index is 6.26. The zero-order chi connectivity index (χ0) is 41.7. The zero-order valence-electron chi connectivity index (χ0n) is 34.4. The third kappa shape index (κ3) is 6.55. The summed E-state index contributed by atoms with van der Waals surface area (Å²) >= 11 is 0. The van der Waals surface area contributed by atoms with E-state index in [1.807, 2.05) is 12.1 Å². The van der Waals surface area contributed by atoms with Crippen molar-refractivity contribution in [3.05, 3.63) is 243 Å². The van der Waals surface area contributed by atoms with Crippen LogP contribution in [0, 0.1) is 0 Å². The minimum absolute atomic E-state index is 0.897. The van der Waals surface area contributed by atoms with Gasteiger partial charge in [0.25, 0.3) is 0 Å². The van der Waals surface area contributed by atoms with E-state index in [4.69, 9.17) is 4.42 Å². The molecule has 0 spiro atoms. The second kappa shape index (κ2) is 15.3. The van der Waals surface area contributed by atoms with Gasteiger partial charge in [0.1, 0.15) is 11.2 Å². The average Bonchev–Trinajstić information content (AvgIpc) is 3.91. The topological polar surface area (TPSA) is 21.3 Å². The molecule has 2 heterocycles. The molecule has 10 aromatic carbocycles. The number of rotatable bonds is 8. The van der Waals surface area contributed by atoms with Crippen molar-refractivity contribution in [1.82, 2.24) is 4.57 Å². The number of hydrogen-bond donors (Lipinski definition) is 0. The summed E-state index contributed by atoms with van der Waals surface area (Å²) in [5.41, 5.74) is 17.9. The lowest BCUT2D eigenvalue weighted by atomic mass is 9.99. The van der Waals surface area contributed by atoms with E-state index >= 15 is 0 Å². The number of fused-ring (bicyclic) bond motifs is 6. The van der Waals surface area contributed by atoms with Crippen molar-refractivity contribution in [3.63, 3.8) is 0 Å². The highest BCUT2D eigenvalue weighted by Gasteiger charge is 2.17. The minimum Gasteiger partial charge on any atom is -0.456 e. The zero-order valence-corrected chi connectivity index (χ0v) is 34.4. The van der Waals surface area contributed by atoms with Gasteiger partial charge < -0.3 is 13.9 Å². The van der Waals surface area contributed by atoms with Gasteiger partial charge in [0.2, 0.25) is 0 Å². The Bertz CT molecular complexity index is 3550. The van der Waals surface area contributed by atoms with Gasteiger partial charge in [0, 0.05) is 44.3 Å². The first-order valence-electron chi connectivity index (χ1n) is 21.5. The molecule has 3 nitrogen and oxygen atoms in total. The lowest BCUT2D eigenvalue weighted by Gasteiger charge is -2.26. The Morgan fingerprint density at radius 1 is 0.270 bits per heavy atom. The fourth-order valence-electron chi connectivity index (χ4n) is 9.29. The summed E-state index contributed by atoms with van der Waals surface area (Å²) in [5.74, 6) is 0. The highest BCUT2D eigenvalue weighted by molar-refractivity contribution is 6.09. The first-order chi connectivity index (χ1) is 31.2. The standard InChI is InChI=1S/C60H40N2O/c1-2-12-41(13-3-1)42-24-26-43(27-25-42)46-14-10-16-51(38-46)61(50-35-30-45(31-36-50)48-32-37-56-55-20-6-9-23-59(55)63-60(56)40-48)49-33-28-44(29-34-49)47-15-11-17-52(39-47)62-57-21-7-4-18-53(57)54-19-5-8-22-58(54)62/h1-40H. The van der Waals surface area contributed by atoms with E-state index in [1.54, 1.807) is 0 Å². The Morgan fingerprint density at radius 3 is 1.37 bits per heavy atom. The molecule has 0 radical (unpaired) electrons. The van der Waals surface area contributed by atoms with Crippen LogP contribution in [0.25, 0.3) is 93.9 Å². The van der Waals surface area contributed by atoms with Crippen molar-refractivity contribution in [1.29, 1.82) is 0 Å². The number of hydrogen-bond acceptors (Lipinski definition) is 2. The van der Waals surface area contributed by atoms with E-state index in [0.29, 0.717) is 0 Å². The molecule has 0 bridgehead atoms. The quantitative estimate of drug-likeness (QED) is 0.153. The monoisotopic (exact) mass is 804 g/mol. The van der Waals surface area contributed by atoms with E-state index in [1.165, 1.54) is 44.1 Å². The first-order valence-corrected chi connectivity index (χ1v) is 21.5. The molecular formula is C60H40N2O. The molecule has 2 aromatic heterocycles. The fourth-order valence-corrected chi connectivity index (χ4v) is 9.29. The van der Waals surface area contributed by atoms with E-state index in [2.05, 4.69) is 240 Å². The van der Waals surface area contributed by atoms with Crippen LogP contribution in [0.2, 0.25) is 0 Å². The van der Waals surface area contributed by atoms with E-state index in [9.17, 15) is 0 Å². The maximum absolute atomic E-state index is 6.26. The highest BCUT2D eigenvalue weighted by Crippen LogP contribution is 2.40. The van der Waals surface area contributed by atoms with Gasteiger partial charge in [-0.2, -0.15) is 0 Å². The number of benzene rings is 10. The Morgan fingerprint density at radius 2 is 0.714 bits per heavy atom. The van der Waals surface area contributed by atoms with Crippen LogP contribution in [0.3, 0.4) is 0 Å². The molecule has 0 unspecified atom stereocenters. The Labute approximate surface area is 366 Å². The molecule has 0 N–H and O–H groups in total. The van der Waals surface area contributed by atoms with E-state index in [-0.39, 0.29) is 0 Å². The van der Waals surface area contributed by atoms with Crippen LogP contribution in [0.5, 0.6) is 0 Å². The van der Waals surface area contributed by atoms with Crippen LogP contribution in [-0.2, 0) is 0 Å². The maximum Gasteiger partial charge on any atom is 0.136 e. The third-order valence-corrected chi connectivity index (χ3v) is 12.4. The van der Waals surface area contributed by atoms with Gasteiger partial charge in [-0.05, 0) is 123 Å². The van der Waals surface area contributed by atoms with Crippen molar-refractivity contribution >= 4 is 60.8 Å². The van der Waals surface area contributed by atoms with Crippen LogP contribution in [-0.4, -0.2) is 4.57 Å². The smallest absolute Gasteiger partial charge is 0.136 e. The molecule has 12 rings (SSSR count). The Hall–Kier alpha value is -8.40. The summed E-state index contributed by atoms with van der Waals surface area (Å²) < 4.78 is 8.64. The van der Waals surface area contributed by atoms with Crippen molar-refractivity contribution in [2.75, 3.05) is 4.90 Å². The fraction of sp³-hybridized carbons (Fsp3) is 0. The van der Waals surface area contributed by atoms with Crippen LogP contribution < -0.4 is 4.90 Å². The van der Waals surface area contributed by atoms with Gasteiger partial charge in [-0.25, -0.2) is 0 Å². The Kier molecular flexibility index (Phi) is 8.83. The molecule has 0 saturated heterocycles. The van der Waals surface area contributed by atoms with Crippen LogP contribution in [0.4, 0.5) is 17.1 Å². The molecule has 0 saturated carbocycles. The molecule has 296 valence electrons. The number of nitrogens with zero attached hydrogens (tertiary/aromatic N) is 2. The molecule has 63 heavy (non-hydrogen) atoms. The third-order valence-electron chi connectivity index (χ3n) is 12.4. The van der Waals surface area contributed by atoms with Crippen LogP contribution in [0.1, 0.15) is 0 Å². The molecule has 0 atom stereocenters. The summed E-state index contributed by atoms with van der Waals surface area (Å²) in [5, 5.41) is 4.79. The normalized spacial score (nSPS) is 11.5. The second-order valence-electron chi connectivity index (χ2n) is 16.2. The summed E-state index contributed by atoms with van der Waals surface area (Å²) in [4.78, 5) is 2.35. The molecule has 0 aliphatic rings. The SMILES string of the molecule is c1ccc(-c2ccc(-c3cccc(N(c4ccc(-c5cccc(-n6c7ccccc7c7ccccc76)c5)cc4)c4ccc(-c5ccc6c(c5)oc5ccccc56)cc4)c3)cc2)cc1. The van der Waals surface area contributed by atoms with Gasteiger partial charge >= 0.3 is 0 Å². The summed E-state index contributed by atoms with van der Waals surface area (Å²) in [6, 6.07) is 87.1. The number of para-hydroxylation sites is 3. The average molecular weight is 805 g/mol. The Balaban J connectivity index is 0.916. The largest absolute Gasteiger partial charge is 0.456 e. The van der Waals surface area contributed by atoms with Gasteiger partial charge in [-0.3, -0.25) is 0 Å². The second-order valence-corrected chi connectivity index (χ2v) is 16.2. The van der Waals surface area contributed by atoms with Crippen molar-refractivity contribution < 1.29 is 4.42 Å². The molecule has 0 aliphatic heterocycles. The van der Waals surface area contributed by atoms with Gasteiger partial charge in [-0.1, -0.05) is 164 Å². The van der Waals surface area contributed by atoms with Gasteiger partial charge in [0.15, 0.2) is 0 Å². The number of anilines is 3. The highest BCUT2D eigenvalue weighted by atomic mass is 16.3. The summed E-state index contributed by atoms with van der Waals surface area (Å²) in [7, 11) is 0. The first kappa shape index (κ1) is 36.5. The summed E-state index contributed by atoms with van der Waals surface area (Å²) in [6.45, 7) is 0. The van der Waals surface area contributed by atoms with Gasteiger partial charge in [0.05, 0.1) is 11.0 Å². The number of furan rings is 1. The predicted octanol–water partition coefficient (Wildman–Crippen LogP) is 16.8. The minimum atomic E-state index is 0.897. The number of aromatic nitrogens is 1. The van der Waals surface area contributed by atoms with Crippen molar-refractivity contribution in [2.45, 2.75) is 0 Å². The van der Waals surface area contributed by atoms with Crippen LogP contribution >= 0.6 is 0 Å². The van der Waals surface area contributed by atoms with Gasteiger partial charge in [-0.15, -0.1) is 0 Å². The van der Waals surface area contributed by atoms with E-state index < -0.39 is 0 Å². The summed E-state index contributed by atoms with van der Waals surface area (Å²) in [6.07, 6.45) is 0. The molecule has 0 amide bonds. The molecule has 0 aliphatic carbocycles. The molecule has 3 heteroatoms. The molecule has 0 fully saturated rings. The predicted molar refractivity (Wildman–Crippen MR) is 264 cm³/mol. The van der Waals surface area contributed by atoms with Crippen LogP contribution in [0.15, 0.2) is 247 Å². The lowest BCUT2D eigenvalue weighted by molar-refractivity contribution is 0.669. The lowest BCUT2D eigenvalue weighted by Crippen LogP contribution is -2.10. The molecule has 12 aromatic rings. The van der Waals surface area contributed by atoms with Crippen molar-refractivity contribution in [2.24, 2.45) is 0 Å². The van der Waals surface area contributed by atoms with E-state index in [0.717, 1.165) is 66.9 Å². The van der Waals surface area contributed by atoms with Crippen molar-refractivity contribution in [3.8, 4) is 50.2 Å². The molecular weight excluding hydrogens is 765 g/mol.